The molecule has 3 aromatic rings. The molecule has 18 heavy (non-hydrogen) atoms. The van der Waals surface area contributed by atoms with Gasteiger partial charge in [-0.2, -0.15) is 0 Å². The fourth-order valence-corrected chi connectivity index (χ4v) is 3.03. The second kappa shape index (κ2) is 4.07. The highest BCUT2D eigenvalue weighted by Gasteiger charge is 2.15. The third-order valence-electron chi connectivity index (χ3n) is 2.85. The first kappa shape index (κ1) is 11.7. The lowest BCUT2D eigenvalue weighted by Crippen LogP contribution is -1.91. The van der Waals surface area contributed by atoms with Crippen molar-refractivity contribution in [2.24, 2.45) is 0 Å². The van der Waals surface area contributed by atoms with Crippen LogP contribution in [0.2, 0.25) is 5.02 Å². The van der Waals surface area contributed by atoms with Gasteiger partial charge in [0.05, 0.1) is 21.4 Å². The average molecular weight is 278 g/mol. The van der Waals surface area contributed by atoms with Gasteiger partial charge in [0.15, 0.2) is 5.65 Å². The summed E-state index contributed by atoms with van der Waals surface area (Å²) in [4.78, 5) is 9.07. The van der Waals surface area contributed by atoms with Crippen molar-refractivity contribution >= 4 is 28.6 Å². The number of fused-ring (bicyclic) bond motifs is 1. The summed E-state index contributed by atoms with van der Waals surface area (Å²) in [5, 5.41) is 3.79. The van der Waals surface area contributed by atoms with E-state index >= 15 is 0 Å². The Morgan fingerprint density at radius 3 is 2.67 bits per heavy atom. The van der Waals surface area contributed by atoms with Gasteiger partial charge in [-0.3, -0.25) is 4.40 Å². The number of hydrogen-bond donors (Lipinski definition) is 0. The lowest BCUT2D eigenvalue weighted by Gasteiger charge is -2.02. The molecule has 0 amide bonds. The maximum Gasteiger partial charge on any atom is 0.156 e. The SMILES string of the molecule is Cc1cc(Cl)c2nc(C)c(-c3csc(C)n3)n2c1. The molecule has 0 spiro atoms. The van der Waals surface area contributed by atoms with Crippen LogP contribution in [0.15, 0.2) is 17.6 Å². The number of aryl methyl sites for hydroxylation is 3. The molecule has 3 nitrogen and oxygen atoms in total. The van der Waals surface area contributed by atoms with Crippen LogP contribution in [0.4, 0.5) is 0 Å². The van der Waals surface area contributed by atoms with Gasteiger partial charge in [-0.15, -0.1) is 11.3 Å². The molecule has 0 atom stereocenters. The molecule has 92 valence electrons. The van der Waals surface area contributed by atoms with Crippen molar-refractivity contribution in [3.63, 3.8) is 0 Å². The van der Waals surface area contributed by atoms with E-state index in [2.05, 4.69) is 15.3 Å². The molecule has 0 aliphatic rings. The van der Waals surface area contributed by atoms with E-state index in [0.29, 0.717) is 5.02 Å². The number of pyridine rings is 1. The number of imidazole rings is 1. The van der Waals surface area contributed by atoms with Crippen molar-refractivity contribution in [1.29, 1.82) is 0 Å². The summed E-state index contributed by atoms with van der Waals surface area (Å²) in [5.74, 6) is 0. The summed E-state index contributed by atoms with van der Waals surface area (Å²) in [6.45, 7) is 6.02. The van der Waals surface area contributed by atoms with Gasteiger partial charge in [0, 0.05) is 11.6 Å². The van der Waals surface area contributed by atoms with Crippen molar-refractivity contribution in [3.05, 3.63) is 38.9 Å². The highest BCUT2D eigenvalue weighted by atomic mass is 35.5. The van der Waals surface area contributed by atoms with Crippen molar-refractivity contribution in [1.82, 2.24) is 14.4 Å². The highest BCUT2D eigenvalue weighted by molar-refractivity contribution is 7.09. The van der Waals surface area contributed by atoms with E-state index in [1.807, 2.05) is 37.4 Å². The monoisotopic (exact) mass is 277 g/mol. The Balaban J connectivity index is 2.38. The zero-order valence-electron chi connectivity index (χ0n) is 10.4. The summed E-state index contributed by atoms with van der Waals surface area (Å²) in [7, 11) is 0. The number of hydrogen-bond acceptors (Lipinski definition) is 3. The zero-order valence-corrected chi connectivity index (χ0v) is 11.9. The number of halogens is 1. The van der Waals surface area contributed by atoms with E-state index in [9.17, 15) is 0 Å². The highest BCUT2D eigenvalue weighted by Crippen LogP contribution is 2.29. The molecule has 0 aliphatic carbocycles. The molecule has 0 aliphatic heterocycles. The summed E-state index contributed by atoms with van der Waals surface area (Å²) >= 11 is 7.88. The van der Waals surface area contributed by atoms with Crippen LogP contribution >= 0.6 is 22.9 Å². The molecule has 3 aromatic heterocycles. The average Bonchev–Trinajstić information content (AvgIpc) is 2.82. The number of thiazole rings is 1. The van der Waals surface area contributed by atoms with Gasteiger partial charge in [0.1, 0.15) is 5.69 Å². The van der Waals surface area contributed by atoms with Crippen molar-refractivity contribution < 1.29 is 0 Å². The summed E-state index contributed by atoms with van der Waals surface area (Å²) in [5.41, 5.74) is 4.84. The van der Waals surface area contributed by atoms with Crippen LogP contribution in [0.3, 0.4) is 0 Å². The first-order chi connectivity index (χ1) is 8.56. The fourth-order valence-electron chi connectivity index (χ4n) is 2.13. The van der Waals surface area contributed by atoms with E-state index in [4.69, 9.17) is 11.6 Å². The predicted octanol–water partition coefficient (Wildman–Crippen LogP) is 4.04. The summed E-state index contributed by atoms with van der Waals surface area (Å²) < 4.78 is 2.03. The Morgan fingerprint density at radius 1 is 1.22 bits per heavy atom. The summed E-state index contributed by atoms with van der Waals surface area (Å²) in [6, 6.07) is 1.93. The Morgan fingerprint density at radius 2 is 2.00 bits per heavy atom. The van der Waals surface area contributed by atoms with Gasteiger partial charge in [-0.25, -0.2) is 9.97 Å². The molecule has 0 aromatic carbocycles. The number of nitrogens with zero attached hydrogens (tertiary/aromatic N) is 3. The second-order valence-electron chi connectivity index (χ2n) is 4.36. The Kier molecular flexibility index (Phi) is 2.64. The molecule has 0 radical (unpaired) electrons. The van der Waals surface area contributed by atoms with Crippen molar-refractivity contribution in [2.75, 3.05) is 0 Å². The standard InChI is InChI=1S/C13H12ClN3S/c1-7-4-10(14)13-15-8(2)12(17(13)5-7)11-6-18-9(3)16-11/h4-6H,1-3H3. The topological polar surface area (TPSA) is 30.2 Å². The Bertz CT molecular complexity index is 742. The van der Waals surface area contributed by atoms with Crippen molar-refractivity contribution in [3.8, 4) is 11.4 Å². The van der Waals surface area contributed by atoms with E-state index in [1.54, 1.807) is 11.3 Å². The molecule has 0 fully saturated rings. The summed E-state index contributed by atoms with van der Waals surface area (Å²) in [6.07, 6.45) is 2.05. The smallest absolute Gasteiger partial charge is 0.156 e. The van der Waals surface area contributed by atoms with Crippen LogP contribution in [-0.4, -0.2) is 14.4 Å². The van der Waals surface area contributed by atoms with Gasteiger partial charge in [-0.1, -0.05) is 11.6 Å². The van der Waals surface area contributed by atoms with Crippen molar-refractivity contribution in [2.45, 2.75) is 20.8 Å². The largest absolute Gasteiger partial charge is 0.296 e. The lowest BCUT2D eigenvalue weighted by atomic mass is 10.2. The normalized spacial score (nSPS) is 11.3. The van der Waals surface area contributed by atoms with Gasteiger partial charge in [-0.05, 0) is 32.4 Å². The molecule has 0 unspecified atom stereocenters. The van der Waals surface area contributed by atoms with Crippen LogP contribution < -0.4 is 0 Å². The zero-order chi connectivity index (χ0) is 12.9. The number of rotatable bonds is 1. The molecule has 3 rings (SSSR count). The van der Waals surface area contributed by atoms with E-state index < -0.39 is 0 Å². The van der Waals surface area contributed by atoms with Gasteiger partial charge < -0.3 is 0 Å². The Hall–Kier alpha value is -1.39. The van der Waals surface area contributed by atoms with Crippen LogP contribution in [0.5, 0.6) is 0 Å². The Labute approximate surface area is 114 Å². The van der Waals surface area contributed by atoms with E-state index in [-0.39, 0.29) is 0 Å². The minimum Gasteiger partial charge on any atom is -0.296 e. The molecular formula is C13H12ClN3S. The first-order valence-electron chi connectivity index (χ1n) is 5.63. The minimum absolute atomic E-state index is 0.677. The predicted molar refractivity (Wildman–Crippen MR) is 75.5 cm³/mol. The molecule has 3 heterocycles. The van der Waals surface area contributed by atoms with Crippen LogP contribution in [0.1, 0.15) is 16.3 Å². The van der Waals surface area contributed by atoms with Crippen LogP contribution in [0.25, 0.3) is 17.0 Å². The quantitative estimate of drug-likeness (QED) is 0.672. The second-order valence-corrected chi connectivity index (χ2v) is 5.83. The minimum atomic E-state index is 0.677. The lowest BCUT2D eigenvalue weighted by molar-refractivity contribution is 1.14. The molecule has 0 saturated carbocycles. The molecule has 5 heteroatoms. The first-order valence-corrected chi connectivity index (χ1v) is 6.89. The third-order valence-corrected chi connectivity index (χ3v) is 3.90. The number of aromatic nitrogens is 3. The maximum atomic E-state index is 6.24. The molecular weight excluding hydrogens is 266 g/mol. The van der Waals surface area contributed by atoms with Crippen LogP contribution in [0, 0.1) is 20.8 Å². The van der Waals surface area contributed by atoms with E-state index in [1.165, 1.54) is 0 Å². The fraction of sp³-hybridized carbons (Fsp3) is 0.231. The van der Waals surface area contributed by atoms with Gasteiger partial charge in [0.2, 0.25) is 0 Å². The van der Waals surface area contributed by atoms with Gasteiger partial charge >= 0.3 is 0 Å². The molecule has 0 bridgehead atoms. The van der Waals surface area contributed by atoms with Crippen LogP contribution in [-0.2, 0) is 0 Å². The third kappa shape index (κ3) is 1.72. The maximum absolute atomic E-state index is 6.24. The molecule has 0 N–H and O–H groups in total. The molecule has 0 saturated heterocycles. The van der Waals surface area contributed by atoms with E-state index in [0.717, 1.165) is 33.3 Å². The van der Waals surface area contributed by atoms with Gasteiger partial charge in [0.25, 0.3) is 0 Å².